The van der Waals surface area contributed by atoms with Gasteiger partial charge < -0.3 is 10.6 Å². The first-order chi connectivity index (χ1) is 13.5. The van der Waals surface area contributed by atoms with Crippen LogP contribution in [0.5, 0.6) is 0 Å². The highest BCUT2D eigenvalue weighted by Crippen LogP contribution is 2.36. The topological polar surface area (TPSA) is 95.6 Å². The molecular formula is C21H23N3O4. The maximum Gasteiger partial charge on any atom is 0.253 e. The molecule has 146 valence electrons. The molecule has 2 fully saturated rings. The number of hydrogen-bond donors (Lipinski definition) is 2. The SMILES string of the molecule is C[C@H](C(=O)Nc1ccccc1C(=O)NC1CC1)N1C(=O)[C@H]2CC=CC[C@@H]2C1=O. The number of rotatable bonds is 5. The number of imide groups is 1. The van der Waals surface area contributed by atoms with Gasteiger partial charge in [0.05, 0.1) is 23.1 Å². The predicted molar refractivity (Wildman–Crippen MR) is 102 cm³/mol. The third-order valence-electron chi connectivity index (χ3n) is 5.65. The Morgan fingerprint density at radius 1 is 1.04 bits per heavy atom. The summed E-state index contributed by atoms with van der Waals surface area (Å²) < 4.78 is 0. The summed E-state index contributed by atoms with van der Waals surface area (Å²) in [6.45, 7) is 1.54. The molecule has 0 unspecified atom stereocenters. The molecule has 3 atom stereocenters. The van der Waals surface area contributed by atoms with E-state index in [0.717, 1.165) is 17.7 Å². The standard InChI is InChI=1S/C21H23N3O4/c1-12(24-20(27)14-6-2-3-7-15(14)21(24)28)18(25)23-17-9-5-4-8-16(17)19(26)22-13-10-11-13/h2-5,8-9,12-15H,6-7,10-11H2,1H3,(H,22,26)(H,23,25)/t12-,14+,15+/m1/s1. The zero-order valence-electron chi connectivity index (χ0n) is 15.7. The monoisotopic (exact) mass is 381 g/mol. The van der Waals surface area contributed by atoms with Gasteiger partial charge >= 0.3 is 0 Å². The summed E-state index contributed by atoms with van der Waals surface area (Å²) in [7, 11) is 0. The van der Waals surface area contributed by atoms with Crippen molar-refractivity contribution in [2.24, 2.45) is 11.8 Å². The number of para-hydroxylation sites is 1. The van der Waals surface area contributed by atoms with Gasteiger partial charge in [0.15, 0.2) is 0 Å². The van der Waals surface area contributed by atoms with Gasteiger partial charge in [0, 0.05) is 6.04 Å². The highest BCUT2D eigenvalue weighted by Gasteiger charge is 2.50. The lowest BCUT2D eigenvalue weighted by Gasteiger charge is -2.23. The van der Waals surface area contributed by atoms with Gasteiger partial charge in [0.25, 0.3) is 5.91 Å². The average Bonchev–Trinajstić information content (AvgIpc) is 3.47. The van der Waals surface area contributed by atoms with Gasteiger partial charge in [-0.25, -0.2) is 0 Å². The van der Waals surface area contributed by atoms with Crippen molar-refractivity contribution >= 4 is 29.3 Å². The molecule has 1 heterocycles. The Morgan fingerprint density at radius 3 is 2.25 bits per heavy atom. The lowest BCUT2D eigenvalue weighted by Crippen LogP contribution is -2.46. The smallest absolute Gasteiger partial charge is 0.253 e. The molecule has 1 aromatic carbocycles. The first kappa shape index (κ1) is 18.4. The molecule has 3 aliphatic rings. The molecule has 0 spiro atoms. The van der Waals surface area contributed by atoms with Gasteiger partial charge in [-0.15, -0.1) is 0 Å². The van der Waals surface area contributed by atoms with Crippen LogP contribution in [0.3, 0.4) is 0 Å². The molecule has 1 saturated carbocycles. The van der Waals surface area contributed by atoms with E-state index in [1.54, 1.807) is 31.2 Å². The Balaban J connectivity index is 1.49. The van der Waals surface area contributed by atoms with Crippen molar-refractivity contribution in [3.8, 4) is 0 Å². The maximum absolute atomic E-state index is 12.8. The number of amides is 4. The van der Waals surface area contributed by atoms with Crippen LogP contribution in [0, 0.1) is 11.8 Å². The molecule has 4 amide bonds. The van der Waals surface area contributed by atoms with E-state index in [1.807, 2.05) is 12.2 Å². The van der Waals surface area contributed by atoms with Crippen LogP contribution in [-0.4, -0.2) is 40.6 Å². The van der Waals surface area contributed by atoms with Crippen molar-refractivity contribution in [3.63, 3.8) is 0 Å². The van der Waals surface area contributed by atoms with Crippen LogP contribution in [0.15, 0.2) is 36.4 Å². The normalized spacial score (nSPS) is 24.7. The summed E-state index contributed by atoms with van der Waals surface area (Å²) in [6.07, 6.45) is 6.82. The number of allylic oxidation sites excluding steroid dienone is 2. The van der Waals surface area contributed by atoms with E-state index in [-0.39, 0.29) is 35.6 Å². The van der Waals surface area contributed by atoms with Crippen molar-refractivity contribution in [1.29, 1.82) is 0 Å². The summed E-state index contributed by atoms with van der Waals surface area (Å²) in [6, 6.07) is 6.00. The molecule has 1 saturated heterocycles. The van der Waals surface area contributed by atoms with Crippen LogP contribution in [0.1, 0.15) is 43.0 Å². The Kier molecular flexibility index (Phi) is 4.75. The van der Waals surface area contributed by atoms with Gasteiger partial charge in [0.2, 0.25) is 17.7 Å². The minimum atomic E-state index is -0.940. The molecule has 4 rings (SSSR count). The van der Waals surface area contributed by atoms with Gasteiger partial charge in [-0.05, 0) is 44.7 Å². The van der Waals surface area contributed by atoms with Gasteiger partial charge in [0.1, 0.15) is 6.04 Å². The molecule has 7 heteroatoms. The highest BCUT2D eigenvalue weighted by atomic mass is 16.2. The number of benzene rings is 1. The van der Waals surface area contributed by atoms with Crippen molar-refractivity contribution in [2.75, 3.05) is 5.32 Å². The average molecular weight is 381 g/mol. The Bertz CT molecular complexity index is 848. The van der Waals surface area contributed by atoms with Crippen LogP contribution < -0.4 is 10.6 Å². The summed E-state index contributed by atoms with van der Waals surface area (Å²) in [5.74, 6) is -2.05. The van der Waals surface area contributed by atoms with E-state index >= 15 is 0 Å². The molecule has 7 nitrogen and oxygen atoms in total. The number of fused-ring (bicyclic) bond motifs is 1. The fraction of sp³-hybridized carbons (Fsp3) is 0.429. The zero-order chi connectivity index (χ0) is 19.8. The van der Waals surface area contributed by atoms with E-state index < -0.39 is 11.9 Å². The fourth-order valence-corrected chi connectivity index (χ4v) is 3.84. The van der Waals surface area contributed by atoms with Gasteiger partial charge in [-0.2, -0.15) is 0 Å². The van der Waals surface area contributed by atoms with E-state index in [9.17, 15) is 19.2 Å². The molecular weight excluding hydrogens is 358 g/mol. The number of nitrogens with zero attached hydrogens (tertiary/aromatic N) is 1. The number of carbonyl (C=O) groups is 4. The Morgan fingerprint density at radius 2 is 1.64 bits per heavy atom. The lowest BCUT2D eigenvalue weighted by atomic mass is 9.85. The lowest BCUT2D eigenvalue weighted by molar-refractivity contribution is -0.146. The van der Waals surface area contributed by atoms with Crippen LogP contribution in [0.4, 0.5) is 5.69 Å². The third kappa shape index (κ3) is 3.32. The molecule has 0 bridgehead atoms. The van der Waals surface area contributed by atoms with Crippen molar-refractivity contribution < 1.29 is 19.2 Å². The number of anilines is 1. The van der Waals surface area contributed by atoms with Crippen molar-refractivity contribution in [2.45, 2.75) is 44.7 Å². The zero-order valence-corrected chi connectivity index (χ0v) is 15.7. The summed E-state index contributed by atoms with van der Waals surface area (Å²) in [4.78, 5) is 51.7. The first-order valence-electron chi connectivity index (χ1n) is 9.70. The fourth-order valence-electron chi connectivity index (χ4n) is 3.84. The van der Waals surface area contributed by atoms with E-state index in [0.29, 0.717) is 24.1 Å². The third-order valence-corrected chi connectivity index (χ3v) is 5.65. The number of nitrogens with one attached hydrogen (secondary N) is 2. The molecule has 0 aromatic heterocycles. The predicted octanol–water partition coefficient (Wildman–Crippen LogP) is 1.86. The molecule has 2 aliphatic carbocycles. The number of carbonyl (C=O) groups excluding carboxylic acids is 4. The van der Waals surface area contributed by atoms with E-state index in [4.69, 9.17) is 0 Å². The Labute approximate surface area is 163 Å². The second kappa shape index (κ2) is 7.22. The quantitative estimate of drug-likeness (QED) is 0.601. The van der Waals surface area contributed by atoms with Crippen molar-refractivity contribution in [3.05, 3.63) is 42.0 Å². The summed E-state index contributed by atoms with van der Waals surface area (Å²) in [5.41, 5.74) is 0.738. The Hall–Kier alpha value is -2.96. The minimum absolute atomic E-state index is 0.201. The summed E-state index contributed by atoms with van der Waals surface area (Å²) >= 11 is 0. The second-order valence-electron chi connectivity index (χ2n) is 7.66. The van der Waals surface area contributed by atoms with Crippen LogP contribution >= 0.6 is 0 Å². The van der Waals surface area contributed by atoms with Gasteiger partial charge in [-0.3, -0.25) is 24.1 Å². The minimum Gasteiger partial charge on any atom is -0.349 e. The van der Waals surface area contributed by atoms with Crippen molar-refractivity contribution in [1.82, 2.24) is 10.2 Å². The van der Waals surface area contributed by atoms with E-state index in [2.05, 4.69) is 10.6 Å². The summed E-state index contributed by atoms with van der Waals surface area (Å²) in [5, 5.41) is 5.62. The molecule has 2 N–H and O–H groups in total. The van der Waals surface area contributed by atoms with Gasteiger partial charge in [-0.1, -0.05) is 24.3 Å². The van der Waals surface area contributed by atoms with Crippen LogP contribution in [0.25, 0.3) is 0 Å². The molecule has 1 aromatic rings. The van der Waals surface area contributed by atoms with E-state index in [1.165, 1.54) is 0 Å². The van der Waals surface area contributed by atoms with Crippen LogP contribution in [-0.2, 0) is 14.4 Å². The largest absolute Gasteiger partial charge is 0.349 e. The number of hydrogen-bond acceptors (Lipinski definition) is 4. The second-order valence-corrected chi connectivity index (χ2v) is 7.66. The first-order valence-corrected chi connectivity index (χ1v) is 9.70. The highest BCUT2D eigenvalue weighted by molar-refractivity contribution is 6.11. The number of likely N-dealkylation sites (tertiary alicyclic amines) is 1. The molecule has 1 aliphatic heterocycles. The molecule has 0 radical (unpaired) electrons. The van der Waals surface area contributed by atoms with Crippen LogP contribution in [0.2, 0.25) is 0 Å². The maximum atomic E-state index is 12.8. The molecule has 28 heavy (non-hydrogen) atoms.